The van der Waals surface area contributed by atoms with E-state index in [1.54, 1.807) is 21.7 Å². The first-order chi connectivity index (χ1) is 14.0. The maximum atomic E-state index is 13.2. The van der Waals surface area contributed by atoms with Crippen molar-refractivity contribution >= 4 is 17.8 Å². The van der Waals surface area contributed by atoms with Crippen LogP contribution in [0.1, 0.15) is 26.7 Å². The number of piperazine rings is 1. The van der Waals surface area contributed by atoms with Crippen LogP contribution in [-0.4, -0.2) is 102 Å². The van der Waals surface area contributed by atoms with Crippen molar-refractivity contribution in [1.29, 1.82) is 0 Å². The van der Waals surface area contributed by atoms with Gasteiger partial charge in [0.15, 0.2) is 0 Å². The predicted molar refractivity (Wildman–Crippen MR) is 109 cm³/mol. The SMILES string of the molecule is C=CC(=O)N1CCN(CC(F)F)C2(CCN(C(=O)N(C)[C@H](C(N)=O)C(C)C)CC2)C1. The Labute approximate surface area is 176 Å². The van der Waals surface area contributed by atoms with Crippen molar-refractivity contribution in [1.82, 2.24) is 19.6 Å². The number of hydrogen-bond acceptors (Lipinski definition) is 4. The van der Waals surface area contributed by atoms with Crippen molar-refractivity contribution < 1.29 is 23.2 Å². The van der Waals surface area contributed by atoms with Crippen LogP contribution in [0.4, 0.5) is 13.6 Å². The molecule has 2 saturated heterocycles. The molecule has 2 N–H and O–H groups in total. The second-order valence-corrected chi connectivity index (χ2v) is 8.50. The van der Waals surface area contributed by atoms with E-state index < -0.39 is 23.9 Å². The Balaban J connectivity index is 2.13. The van der Waals surface area contributed by atoms with Gasteiger partial charge in [-0.2, -0.15) is 0 Å². The van der Waals surface area contributed by atoms with E-state index in [1.807, 2.05) is 13.8 Å². The van der Waals surface area contributed by atoms with Crippen LogP contribution in [-0.2, 0) is 9.59 Å². The molecule has 2 rings (SSSR count). The number of primary amides is 1. The fourth-order valence-corrected chi connectivity index (χ4v) is 4.68. The van der Waals surface area contributed by atoms with Crippen LogP contribution in [0.15, 0.2) is 12.7 Å². The molecule has 0 radical (unpaired) electrons. The van der Waals surface area contributed by atoms with Gasteiger partial charge in [-0.05, 0) is 24.8 Å². The Morgan fingerprint density at radius 1 is 1.13 bits per heavy atom. The number of nitrogens with two attached hydrogens (primary N) is 1. The number of piperidine rings is 1. The lowest BCUT2D eigenvalue weighted by Gasteiger charge is -2.54. The summed E-state index contributed by atoms with van der Waals surface area (Å²) in [7, 11) is 1.55. The number of carbonyl (C=O) groups excluding carboxylic acids is 3. The van der Waals surface area contributed by atoms with E-state index in [1.165, 1.54) is 11.0 Å². The molecule has 170 valence electrons. The van der Waals surface area contributed by atoms with Gasteiger partial charge in [0.25, 0.3) is 6.43 Å². The van der Waals surface area contributed by atoms with E-state index in [2.05, 4.69) is 6.58 Å². The van der Waals surface area contributed by atoms with Gasteiger partial charge < -0.3 is 20.4 Å². The Bertz CT molecular complexity index is 665. The van der Waals surface area contributed by atoms with E-state index in [0.29, 0.717) is 45.6 Å². The van der Waals surface area contributed by atoms with Gasteiger partial charge in [-0.1, -0.05) is 20.4 Å². The van der Waals surface area contributed by atoms with Gasteiger partial charge in [-0.3, -0.25) is 14.5 Å². The van der Waals surface area contributed by atoms with E-state index in [-0.39, 0.29) is 24.4 Å². The fraction of sp³-hybridized carbons (Fsp3) is 0.750. The quantitative estimate of drug-likeness (QED) is 0.638. The minimum absolute atomic E-state index is 0.133. The smallest absolute Gasteiger partial charge is 0.320 e. The van der Waals surface area contributed by atoms with Crippen LogP contribution in [0.3, 0.4) is 0 Å². The molecule has 2 aliphatic rings. The largest absolute Gasteiger partial charge is 0.368 e. The highest BCUT2D eigenvalue weighted by molar-refractivity contribution is 5.87. The minimum atomic E-state index is -2.48. The number of likely N-dealkylation sites (N-methyl/N-ethyl adjacent to an activating group) is 1. The third-order valence-electron chi connectivity index (χ3n) is 6.25. The van der Waals surface area contributed by atoms with E-state index in [9.17, 15) is 23.2 Å². The molecular weight excluding hydrogens is 396 g/mol. The van der Waals surface area contributed by atoms with Crippen molar-refractivity contribution in [2.24, 2.45) is 11.7 Å². The Morgan fingerprint density at radius 2 is 1.73 bits per heavy atom. The van der Waals surface area contributed by atoms with Gasteiger partial charge >= 0.3 is 6.03 Å². The van der Waals surface area contributed by atoms with Crippen LogP contribution in [0.25, 0.3) is 0 Å². The first-order valence-corrected chi connectivity index (χ1v) is 10.3. The lowest BCUT2D eigenvalue weighted by molar-refractivity contribution is -0.134. The Hall–Kier alpha value is -2.23. The lowest BCUT2D eigenvalue weighted by atomic mass is 9.83. The summed E-state index contributed by atoms with van der Waals surface area (Å²) >= 11 is 0. The van der Waals surface area contributed by atoms with E-state index >= 15 is 0 Å². The molecule has 0 aromatic carbocycles. The van der Waals surface area contributed by atoms with Crippen LogP contribution < -0.4 is 5.73 Å². The molecule has 2 heterocycles. The molecule has 4 amide bonds. The summed E-state index contributed by atoms with van der Waals surface area (Å²) in [5.74, 6) is -0.917. The molecule has 0 bridgehead atoms. The van der Waals surface area contributed by atoms with Crippen LogP contribution in [0.5, 0.6) is 0 Å². The zero-order valence-electron chi connectivity index (χ0n) is 18.0. The van der Waals surface area contributed by atoms with Gasteiger partial charge in [0.1, 0.15) is 6.04 Å². The number of amides is 4. The summed E-state index contributed by atoms with van der Waals surface area (Å²) in [4.78, 5) is 43.2. The lowest BCUT2D eigenvalue weighted by Crippen LogP contribution is -2.67. The summed E-state index contributed by atoms with van der Waals surface area (Å²) in [6.07, 6.45) is -0.316. The average Bonchev–Trinajstić information content (AvgIpc) is 2.68. The fourth-order valence-electron chi connectivity index (χ4n) is 4.68. The molecule has 0 unspecified atom stereocenters. The highest BCUT2D eigenvalue weighted by atomic mass is 19.3. The minimum Gasteiger partial charge on any atom is -0.368 e. The second-order valence-electron chi connectivity index (χ2n) is 8.50. The number of halogens is 2. The molecule has 0 saturated carbocycles. The van der Waals surface area contributed by atoms with Crippen LogP contribution >= 0.6 is 0 Å². The number of nitrogens with zero attached hydrogens (tertiary/aromatic N) is 4. The molecular formula is C20H33F2N5O3. The standard InChI is InChI=1S/C20H33F2N5O3/c1-5-16(28)26-10-11-27(12-15(21)22)20(13-26)6-8-25(9-7-20)19(30)24(4)17(14(2)3)18(23)29/h5,14-15,17H,1,6-13H2,2-4H3,(H2,23,29)/t17-/m0/s1. The Kier molecular flexibility index (Phi) is 7.79. The van der Waals surface area contributed by atoms with Crippen molar-refractivity contribution in [3.63, 3.8) is 0 Å². The zero-order chi connectivity index (χ0) is 22.6. The van der Waals surface area contributed by atoms with Crippen molar-refractivity contribution in [2.75, 3.05) is 46.3 Å². The number of alkyl halides is 2. The Morgan fingerprint density at radius 3 is 2.20 bits per heavy atom. The monoisotopic (exact) mass is 429 g/mol. The second kappa shape index (κ2) is 9.72. The summed E-state index contributed by atoms with van der Waals surface area (Å²) in [6, 6.07) is -1.03. The van der Waals surface area contributed by atoms with Gasteiger partial charge in [-0.25, -0.2) is 13.6 Å². The zero-order valence-corrected chi connectivity index (χ0v) is 18.0. The van der Waals surface area contributed by atoms with Gasteiger partial charge in [0.2, 0.25) is 11.8 Å². The first kappa shape index (κ1) is 24.0. The van der Waals surface area contributed by atoms with Crippen LogP contribution in [0.2, 0.25) is 0 Å². The molecule has 10 heteroatoms. The van der Waals surface area contributed by atoms with Gasteiger partial charge in [-0.15, -0.1) is 0 Å². The number of rotatable bonds is 6. The molecule has 1 atom stereocenters. The summed E-state index contributed by atoms with van der Waals surface area (Å²) in [6.45, 7) is 8.56. The summed E-state index contributed by atoms with van der Waals surface area (Å²) in [5.41, 5.74) is 4.86. The van der Waals surface area contributed by atoms with Gasteiger partial charge in [0.05, 0.1) is 6.54 Å². The van der Waals surface area contributed by atoms with E-state index in [0.717, 1.165) is 0 Å². The number of urea groups is 1. The first-order valence-electron chi connectivity index (χ1n) is 10.3. The summed E-state index contributed by atoms with van der Waals surface area (Å²) < 4.78 is 26.4. The molecule has 0 aromatic rings. The maximum absolute atomic E-state index is 13.2. The molecule has 2 aliphatic heterocycles. The molecule has 8 nitrogen and oxygen atoms in total. The van der Waals surface area contributed by atoms with Gasteiger partial charge in [0, 0.05) is 45.3 Å². The van der Waals surface area contributed by atoms with Crippen molar-refractivity contribution in [2.45, 2.75) is 44.7 Å². The molecule has 0 aromatic heterocycles. The molecule has 30 heavy (non-hydrogen) atoms. The van der Waals surface area contributed by atoms with Crippen molar-refractivity contribution in [3.05, 3.63) is 12.7 Å². The third-order valence-corrected chi connectivity index (χ3v) is 6.25. The molecule has 1 spiro atoms. The highest BCUT2D eigenvalue weighted by Gasteiger charge is 2.46. The van der Waals surface area contributed by atoms with Crippen molar-refractivity contribution in [3.8, 4) is 0 Å². The topological polar surface area (TPSA) is 90.2 Å². The molecule has 0 aliphatic carbocycles. The normalized spacial score (nSPS) is 20.5. The molecule has 2 fully saturated rings. The third kappa shape index (κ3) is 5.08. The maximum Gasteiger partial charge on any atom is 0.320 e. The summed E-state index contributed by atoms with van der Waals surface area (Å²) in [5, 5.41) is 0. The average molecular weight is 430 g/mol. The van der Waals surface area contributed by atoms with E-state index in [4.69, 9.17) is 5.73 Å². The number of carbonyl (C=O) groups is 3. The highest BCUT2D eigenvalue weighted by Crippen LogP contribution is 2.34. The number of hydrogen-bond donors (Lipinski definition) is 1. The van der Waals surface area contributed by atoms with Crippen LogP contribution in [0, 0.1) is 5.92 Å². The number of likely N-dealkylation sites (tertiary alicyclic amines) is 1. The predicted octanol–water partition coefficient (Wildman–Crippen LogP) is 0.978.